The van der Waals surface area contributed by atoms with Crippen molar-refractivity contribution in [2.75, 3.05) is 11.1 Å². The second-order valence-corrected chi connectivity index (χ2v) is 8.19. The van der Waals surface area contributed by atoms with E-state index in [1.165, 1.54) is 0 Å². The van der Waals surface area contributed by atoms with Gasteiger partial charge in [0, 0.05) is 35.5 Å². The molecule has 0 unspecified atom stereocenters. The molecule has 2 aliphatic rings. The Bertz CT molecular complexity index is 810. The van der Waals surface area contributed by atoms with Crippen molar-refractivity contribution in [3.8, 4) is 5.69 Å². The molecule has 0 spiro atoms. The molecule has 2 saturated heterocycles. The van der Waals surface area contributed by atoms with E-state index in [9.17, 15) is 9.59 Å². The highest BCUT2D eigenvalue weighted by atomic mass is 32.2. The Hall–Kier alpha value is -2.48. The fourth-order valence-electron chi connectivity index (χ4n) is 3.65. The molecule has 1 aromatic heterocycles. The first-order valence-electron chi connectivity index (χ1n) is 9.27. The predicted molar refractivity (Wildman–Crippen MR) is 106 cm³/mol. The number of nitrogens with zero attached hydrogens (tertiary/aromatic N) is 2. The van der Waals surface area contributed by atoms with Gasteiger partial charge in [-0.15, -0.1) is 0 Å². The van der Waals surface area contributed by atoms with Crippen molar-refractivity contribution in [2.45, 2.75) is 43.0 Å². The van der Waals surface area contributed by atoms with Gasteiger partial charge in [0.15, 0.2) is 0 Å². The molecule has 2 aliphatic heterocycles. The lowest BCUT2D eigenvalue weighted by Crippen LogP contribution is -2.36. The van der Waals surface area contributed by atoms with Crippen LogP contribution in [0.1, 0.15) is 25.7 Å². The van der Waals surface area contributed by atoms with Crippen molar-refractivity contribution in [3.05, 3.63) is 42.7 Å². The minimum Gasteiger partial charge on any atom is -0.332 e. The van der Waals surface area contributed by atoms with Crippen LogP contribution in [0.4, 0.5) is 10.5 Å². The highest BCUT2D eigenvalue weighted by molar-refractivity contribution is 8.00. The minimum atomic E-state index is -0.0491. The number of rotatable bonds is 7. The molecule has 142 valence electrons. The summed E-state index contributed by atoms with van der Waals surface area (Å²) >= 11 is 1.91. The monoisotopic (exact) mass is 385 g/mol. The number of hydrogen-bond acceptors (Lipinski definition) is 4. The molecule has 0 aliphatic carbocycles. The minimum absolute atomic E-state index is 0.0282. The van der Waals surface area contributed by atoms with E-state index in [1.54, 1.807) is 10.9 Å². The summed E-state index contributed by atoms with van der Waals surface area (Å²) in [5, 5.41) is 13.6. The highest BCUT2D eigenvalue weighted by Crippen LogP contribution is 2.33. The van der Waals surface area contributed by atoms with E-state index in [-0.39, 0.29) is 24.0 Å². The summed E-state index contributed by atoms with van der Waals surface area (Å²) in [6.07, 6.45) is 6.95. The number of anilines is 1. The number of carbonyl (C=O) groups is 2. The number of benzene rings is 1. The highest BCUT2D eigenvalue weighted by Gasteiger charge is 2.42. The summed E-state index contributed by atoms with van der Waals surface area (Å²) in [4.78, 5) is 23.6. The van der Waals surface area contributed by atoms with Gasteiger partial charge in [-0.2, -0.15) is 16.9 Å². The van der Waals surface area contributed by atoms with Crippen molar-refractivity contribution >= 4 is 29.4 Å². The molecule has 0 radical (unpaired) electrons. The van der Waals surface area contributed by atoms with Crippen LogP contribution in [0.5, 0.6) is 0 Å². The van der Waals surface area contributed by atoms with Crippen LogP contribution < -0.4 is 16.0 Å². The summed E-state index contributed by atoms with van der Waals surface area (Å²) in [7, 11) is 0. The number of hydrogen-bond donors (Lipinski definition) is 3. The number of urea groups is 1. The zero-order valence-corrected chi connectivity index (χ0v) is 15.7. The largest absolute Gasteiger partial charge is 0.332 e. The summed E-state index contributed by atoms with van der Waals surface area (Å²) in [6, 6.07) is 9.97. The molecule has 0 saturated carbocycles. The zero-order chi connectivity index (χ0) is 18.6. The topological polar surface area (TPSA) is 88.0 Å². The van der Waals surface area contributed by atoms with Crippen LogP contribution in [-0.2, 0) is 4.79 Å². The number of thioether (sulfide) groups is 1. The lowest BCUT2D eigenvalue weighted by Gasteiger charge is -2.16. The van der Waals surface area contributed by atoms with Crippen molar-refractivity contribution in [1.82, 2.24) is 20.4 Å². The van der Waals surface area contributed by atoms with Crippen LogP contribution in [0.25, 0.3) is 5.69 Å². The van der Waals surface area contributed by atoms with Gasteiger partial charge in [0.05, 0.1) is 17.8 Å². The van der Waals surface area contributed by atoms with Gasteiger partial charge in [0.1, 0.15) is 0 Å². The molecule has 8 heteroatoms. The Morgan fingerprint density at radius 3 is 3.07 bits per heavy atom. The maximum atomic E-state index is 12.2. The maximum absolute atomic E-state index is 12.2. The molecule has 1 aromatic carbocycles. The van der Waals surface area contributed by atoms with E-state index < -0.39 is 0 Å². The summed E-state index contributed by atoms with van der Waals surface area (Å²) < 4.78 is 1.76. The lowest BCUT2D eigenvalue weighted by molar-refractivity contribution is -0.116. The third-order valence-electron chi connectivity index (χ3n) is 4.98. The first-order chi connectivity index (χ1) is 13.2. The number of nitrogens with one attached hydrogen (secondary N) is 3. The molecular weight excluding hydrogens is 362 g/mol. The number of amides is 3. The first-order valence-corrected chi connectivity index (χ1v) is 10.3. The summed E-state index contributed by atoms with van der Waals surface area (Å²) in [5.41, 5.74) is 1.69. The van der Waals surface area contributed by atoms with Crippen molar-refractivity contribution in [3.63, 3.8) is 0 Å². The van der Waals surface area contributed by atoms with Crippen LogP contribution >= 0.6 is 11.8 Å². The standard InChI is InChI=1S/C19H23N5O2S/c25-17(21-13-5-3-6-14(11-13)24-10-4-9-20-24)8-2-1-7-16-18-15(12-27-16)22-19(26)23-18/h3-6,9-11,15-16,18H,1-2,7-8,12H2,(H,21,25)(H2,22,23,26)/t15-,16-,18-/m0/s1. The van der Waals surface area contributed by atoms with Gasteiger partial charge in [-0.1, -0.05) is 12.5 Å². The van der Waals surface area contributed by atoms with Crippen molar-refractivity contribution in [1.29, 1.82) is 0 Å². The van der Waals surface area contributed by atoms with E-state index in [0.717, 1.165) is 36.4 Å². The van der Waals surface area contributed by atoms with E-state index >= 15 is 0 Å². The number of carbonyl (C=O) groups excluding carboxylic acids is 2. The second-order valence-electron chi connectivity index (χ2n) is 6.92. The number of fused-ring (bicyclic) bond motifs is 1. The molecule has 7 nitrogen and oxygen atoms in total. The first kappa shape index (κ1) is 17.9. The second kappa shape index (κ2) is 8.04. The lowest BCUT2D eigenvalue weighted by atomic mass is 10.0. The van der Waals surface area contributed by atoms with Crippen LogP contribution in [0.2, 0.25) is 0 Å². The Kier molecular flexibility index (Phi) is 5.33. The van der Waals surface area contributed by atoms with Gasteiger partial charge in [-0.05, 0) is 37.1 Å². The van der Waals surface area contributed by atoms with E-state index in [1.807, 2.05) is 48.3 Å². The molecule has 0 bridgehead atoms. The zero-order valence-electron chi connectivity index (χ0n) is 14.9. The van der Waals surface area contributed by atoms with Crippen molar-refractivity contribution < 1.29 is 9.59 Å². The quantitative estimate of drug-likeness (QED) is 0.505. The Morgan fingerprint density at radius 2 is 2.22 bits per heavy atom. The van der Waals surface area contributed by atoms with E-state index in [2.05, 4.69) is 21.0 Å². The van der Waals surface area contributed by atoms with Crippen LogP contribution in [0.3, 0.4) is 0 Å². The molecule has 27 heavy (non-hydrogen) atoms. The molecule has 3 amide bonds. The van der Waals surface area contributed by atoms with Gasteiger partial charge in [-0.3, -0.25) is 4.79 Å². The van der Waals surface area contributed by atoms with Gasteiger partial charge in [0.25, 0.3) is 0 Å². The molecule has 4 rings (SSSR count). The van der Waals surface area contributed by atoms with Gasteiger partial charge < -0.3 is 16.0 Å². The van der Waals surface area contributed by atoms with Crippen LogP contribution in [0, 0.1) is 0 Å². The predicted octanol–water partition coefficient (Wildman–Crippen LogP) is 2.54. The fourth-order valence-corrected chi connectivity index (χ4v) is 5.19. The van der Waals surface area contributed by atoms with Gasteiger partial charge in [0.2, 0.25) is 5.91 Å². The summed E-state index contributed by atoms with van der Waals surface area (Å²) in [6.45, 7) is 0. The molecular formula is C19H23N5O2S. The molecule has 3 heterocycles. The Labute approximate surface area is 162 Å². The smallest absolute Gasteiger partial charge is 0.315 e. The van der Waals surface area contributed by atoms with Gasteiger partial charge in [-0.25, -0.2) is 9.48 Å². The van der Waals surface area contributed by atoms with Crippen LogP contribution in [0.15, 0.2) is 42.7 Å². The number of aromatic nitrogens is 2. The van der Waals surface area contributed by atoms with Crippen molar-refractivity contribution in [2.24, 2.45) is 0 Å². The Balaban J connectivity index is 1.20. The summed E-state index contributed by atoms with van der Waals surface area (Å²) in [5.74, 6) is 1.00. The average Bonchev–Trinajstić information content (AvgIpc) is 3.37. The molecule has 3 atom stereocenters. The Morgan fingerprint density at radius 1 is 1.30 bits per heavy atom. The van der Waals surface area contributed by atoms with E-state index in [4.69, 9.17) is 0 Å². The van der Waals surface area contributed by atoms with Crippen LogP contribution in [-0.4, -0.2) is 44.8 Å². The third kappa shape index (κ3) is 4.27. The van der Waals surface area contributed by atoms with Gasteiger partial charge >= 0.3 is 6.03 Å². The maximum Gasteiger partial charge on any atom is 0.315 e. The molecule has 3 N–H and O–H groups in total. The molecule has 2 fully saturated rings. The SMILES string of the molecule is O=C(CCCC[C@@H]1SC[C@@H]2NC(=O)N[C@@H]21)Nc1cccc(-n2cccn2)c1. The third-order valence-corrected chi connectivity index (χ3v) is 6.49. The average molecular weight is 385 g/mol. The van der Waals surface area contributed by atoms with E-state index in [0.29, 0.717) is 11.7 Å². The number of unbranched alkanes of at least 4 members (excludes halogenated alkanes) is 1. The normalized spacial score (nSPS) is 23.6. The molecule has 2 aromatic rings. The fraction of sp³-hybridized carbons (Fsp3) is 0.421.